The van der Waals surface area contributed by atoms with Gasteiger partial charge in [0, 0.05) is 0 Å². The Hall–Kier alpha value is -3.42. The molecule has 0 saturated carbocycles. The van der Waals surface area contributed by atoms with Gasteiger partial charge in [0.15, 0.2) is 8.07 Å². The van der Waals surface area contributed by atoms with Gasteiger partial charge in [-0.1, -0.05) is 109 Å². The quantitative estimate of drug-likeness (QED) is 0.345. The molecule has 0 N–H and O–H groups in total. The van der Waals surface area contributed by atoms with Crippen LogP contribution in [0.5, 0.6) is 0 Å². The van der Waals surface area contributed by atoms with Gasteiger partial charge < -0.3 is 0 Å². The Kier molecular flexibility index (Phi) is 2.85. The molecule has 1 heteroatoms. The van der Waals surface area contributed by atoms with Gasteiger partial charge in [-0.3, -0.25) is 0 Å². The summed E-state index contributed by atoms with van der Waals surface area (Å²) in [5, 5.41) is 8.89. The standard InChI is InChI=1S/C28H18Si/c1-2-10-20-19(9-1)17-18-27-28(20)23-13-5-8-16-26(23)29(27)24-14-6-3-11-21(24)22-12-4-7-15-25(22)29/h1-18H. The Bertz CT molecular complexity index is 1420. The first kappa shape index (κ1) is 15.5. The second-order valence-electron chi connectivity index (χ2n) is 8.10. The van der Waals surface area contributed by atoms with Crippen LogP contribution in [0.3, 0.4) is 0 Å². The molecule has 1 spiro atoms. The Morgan fingerprint density at radius 2 is 0.897 bits per heavy atom. The van der Waals surface area contributed by atoms with Crippen molar-refractivity contribution in [3.05, 3.63) is 109 Å². The van der Waals surface area contributed by atoms with E-state index in [-0.39, 0.29) is 0 Å². The monoisotopic (exact) mass is 382 g/mol. The van der Waals surface area contributed by atoms with Gasteiger partial charge in [0.05, 0.1) is 0 Å². The van der Waals surface area contributed by atoms with Gasteiger partial charge in [-0.25, -0.2) is 0 Å². The average Bonchev–Trinajstić information content (AvgIpc) is 3.27. The third-order valence-corrected chi connectivity index (χ3v) is 11.8. The fourth-order valence-electron chi connectivity index (χ4n) is 5.86. The highest BCUT2D eigenvalue weighted by atomic mass is 28.3. The van der Waals surface area contributed by atoms with Gasteiger partial charge in [-0.15, -0.1) is 0 Å². The molecule has 2 aliphatic heterocycles. The van der Waals surface area contributed by atoms with Gasteiger partial charge in [-0.05, 0) is 53.8 Å². The molecule has 0 aromatic heterocycles. The van der Waals surface area contributed by atoms with Crippen LogP contribution >= 0.6 is 0 Å². The predicted molar refractivity (Wildman–Crippen MR) is 126 cm³/mol. The number of hydrogen-bond acceptors (Lipinski definition) is 0. The van der Waals surface area contributed by atoms with E-state index >= 15 is 0 Å². The van der Waals surface area contributed by atoms with Crippen LogP contribution in [0, 0.1) is 0 Å². The van der Waals surface area contributed by atoms with Gasteiger partial charge in [0.2, 0.25) is 0 Å². The van der Waals surface area contributed by atoms with E-state index in [0.29, 0.717) is 0 Å². The van der Waals surface area contributed by atoms with Crippen molar-refractivity contribution in [1.29, 1.82) is 0 Å². The zero-order chi connectivity index (χ0) is 19.0. The molecule has 0 unspecified atom stereocenters. The molecule has 0 fully saturated rings. The second-order valence-corrected chi connectivity index (χ2v) is 11.8. The molecular formula is C28H18Si. The van der Waals surface area contributed by atoms with Crippen molar-refractivity contribution in [2.45, 2.75) is 0 Å². The molecular weight excluding hydrogens is 364 g/mol. The number of hydrogen-bond donors (Lipinski definition) is 0. The lowest BCUT2D eigenvalue weighted by atomic mass is 9.98. The fourth-order valence-corrected chi connectivity index (χ4v) is 11.5. The average molecular weight is 383 g/mol. The van der Waals surface area contributed by atoms with Crippen LogP contribution < -0.4 is 20.7 Å². The molecule has 2 aliphatic rings. The van der Waals surface area contributed by atoms with Crippen LogP contribution in [0.15, 0.2) is 109 Å². The highest BCUT2D eigenvalue weighted by molar-refractivity contribution is 7.24. The van der Waals surface area contributed by atoms with Crippen molar-refractivity contribution >= 4 is 39.6 Å². The van der Waals surface area contributed by atoms with Gasteiger partial charge in [-0.2, -0.15) is 0 Å². The lowest BCUT2D eigenvalue weighted by Crippen LogP contribution is -2.70. The summed E-state index contributed by atoms with van der Waals surface area (Å²) in [6, 6.07) is 41.0. The molecule has 5 aromatic carbocycles. The first-order chi connectivity index (χ1) is 14.4. The molecule has 0 radical (unpaired) electrons. The summed E-state index contributed by atoms with van der Waals surface area (Å²) < 4.78 is 0. The molecule has 0 bridgehead atoms. The van der Waals surface area contributed by atoms with E-state index in [1.165, 1.54) is 33.0 Å². The van der Waals surface area contributed by atoms with Crippen molar-refractivity contribution in [1.82, 2.24) is 0 Å². The van der Waals surface area contributed by atoms with Gasteiger partial charge in [0.1, 0.15) is 0 Å². The molecule has 5 aromatic rings. The molecule has 2 heterocycles. The van der Waals surface area contributed by atoms with E-state index in [2.05, 4.69) is 109 Å². The lowest BCUT2D eigenvalue weighted by molar-refractivity contribution is 1.71. The summed E-state index contributed by atoms with van der Waals surface area (Å²) in [5.41, 5.74) is 5.73. The Balaban J connectivity index is 1.76. The van der Waals surface area contributed by atoms with Gasteiger partial charge in [0.25, 0.3) is 0 Å². The Morgan fingerprint density at radius 1 is 0.379 bits per heavy atom. The topological polar surface area (TPSA) is 0 Å². The van der Waals surface area contributed by atoms with Crippen molar-refractivity contribution < 1.29 is 0 Å². The smallest absolute Gasteiger partial charge is 0.0623 e. The summed E-state index contributed by atoms with van der Waals surface area (Å²) in [5.74, 6) is 0. The minimum atomic E-state index is -2.27. The van der Waals surface area contributed by atoms with E-state index in [9.17, 15) is 0 Å². The van der Waals surface area contributed by atoms with Crippen LogP contribution in [-0.2, 0) is 0 Å². The molecule has 0 amide bonds. The highest BCUT2D eigenvalue weighted by Gasteiger charge is 2.53. The number of benzene rings is 5. The molecule has 0 saturated heterocycles. The van der Waals surface area contributed by atoms with Crippen molar-refractivity contribution in [2.24, 2.45) is 0 Å². The molecule has 134 valence electrons. The summed E-state index contributed by atoms with van der Waals surface area (Å²) in [4.78, 5) is 0. The zero-order valence-electron chi connectivity index (χ0n) is 15.9. The summed E-state index contributed by atoms with van der Waals surface area (Å²) in [6.07, 6.45) is 0. The van der Waals surface area contributed by atoms with Crippen LogP contribution in [0.25, 0.3) is 33.0 Å². The molecule has 29 heavy (non-hydrogen) atoms. The largest absolute Gasteiger partial charge is 0.182 e. The van der Waals surface area contributed by atoms with Crippen LogP contribution in [0.1, 0.15) is 0 Å². The summed E-state index contributed by atoms with van der Waals surface area (Å²) in [6.45, 7) is 0. The maximum atomic E-state index is 2.43. The van der Waals surface area contributed by atoms with E-state index in [1.54, 1.807) is 20.7 Å². The van der Waals surface area contributed by atoms with E-state index in [1.807, 2.05) is 0 Å². The zero-order valence-corrected chi connectivity index (χ0v) is 16.9. The first-order valence-corrected chi connectivity index (χ1v) is 12.2. The number of rotatable bonds is 0. The first-order valence-electron chi connectivity index (χ1n) is 10.2. The van der Waals surface area contributed by atoms with E-state index in [0.717, 1.165) is 0 Å². The van der Waals surface area contributed by atoms with Crippen LogP contribution in [-0.4, -0.2) is 8.07 Å². The maximum Gasteiger partial charge on any atom is 0.182 e. The van der Waals surface area contributed by atoms with E-state index in [4.69, 9.17) is 0 Å². The molecule has 0 atom stereocenters. The predicted octanol–water partition coefficient (Wildman–Crippen LogP) is 4.18. The lowest BCUT2D eigenvalue weighted by Gasteiger charge is -2.27. The molecule has 7 rings (SSSR count). The minimum absolute atomic E-state index is 1.33. The normalized spacial score (nSPS) is 14.5. The SMILES string of the molecule is c1ccc2c(c1)-c1ccccc1[Si]21c2ccccc2-c2c1ccc1ccccc21. The van der Waals surface area contributed by atoms with Crippen molar-refractivity contribution in [2.75, 3.05) is 0 Å². The van der Waals surface area contributed by atoms with Crippen molar-refractivity contribution in [3.8, 4) is 22.3 Å². The van der Waals surface area contributed by atoms with Crippen LogP contribution in [0.2, 0.25) is 0 Å². The minimum Gasteiger partial charge on any atom is -0.0623 e. The third kappa shape index (κ3) is 1.71. The fraction of sp³-hybridized carbons (Fsp3) is 0. The maximum absolute atomic E-state index is 2.43. The highest BCUT2D eigenvalue weighted by Crippen LogP contribution is 2.38. The van der Waals surface area contributed by atoms with E-state index < -0.39 is 8.07 Å². The third-order valence-electron chi connectivity index (χ3n) is 6.89. The Morgan fingerprint density at radius 3 is 1.59 bits per heavy atom. The summed E-state index contributed by atoms with van der Waals surface area (Å²) in [7, 11) is -2.27. The summed E-state index contributed by atoms with van der Waals surface area (Å²) >= 11 is 0. The van der Waals surface area contributed by atoms with Crippen molar-refractivity contribution in [3.63, 3.8) is 0 Å². The molecule has 0 aliphatic carbocycles. The van der Waals surface area contributed by atoms with Crippen LogP contribution in [0.4, 0.5) is 0 Å². The Labute approximate surface area is 171 Å². The number of fused-ring (bicyclic) bond motifs is 12. The second kappa shape index (κ2) is 5.34. The van der Waals surface area contributed by atoms with Gasteiger partial charge >= 0.3 is 0 Å². The molecule has 0 nitrogen and oxygen atoms in total.